The van der Waals surface area contributed by atoms with Gasteiger partial charge < -0.3 is 4.90 Å². The number of nitrogens with zero attached hydrogens (tertiary/aromatic N) is 1. The molecule has 8 aromatic rings. The predicted molar refractivity (Wildman–Crippen MR) is 306 cm³/mol. The molecule has 0 N–H and O–H groups in total. The Morgan fingerprint density at radius 2 is 0.813 bits per heavy atom. The van der Waals surface area contributed by atoms with Gasteiger partial charge in [0.2, 0.25) is 0 Å². The Kier molecular flexibility index (Phi) is 7.55. The number of rotatable bonds is 3. The average molecular weight is 968 g/mol. The van der Waals surface area contributed by atoms with Gasteiger partial charge in [-0.3, -0.25) is 0 Å². The summed E-state index contributed by atoms with van der Waals surface area (Å²) in [5.74, 6) is 6.50. The first-order valence-electron chi connectivity index (χ1n) is 29.5. The lowest BCUT2D eigenvalue weighted by Crippen LogP contribution is -2.41. The zero-order valence-corrected chi connectivity index (χ0v) is 44.1. The molecule has 8 aromatic carbocycles. The first-order valence-corrected chi connectivity index (χ1v) is 29.5. The molecule has 1 heteroatoms. The smallest absolute Gasteiger partial charge is 0.0726 e. The van der Waals surface area contributed by atoms with Crippen molar-refractivity contribution < 1.29 is 0 Å². The molecule has 7 bridgehead atoms. The summed E-state index contributed by atoms with van der Waals surface area (Å²) in [5.41, 5.74) is 33.8. The molecule has 0 heterocycles. The van der Waals surface area contributed by atoms with Crippen molar-refractivity contribution in [2.24, 2.45) is 29.1 Å². The molecule has 0 saturated heterocycles. The van der Waals surface area contributed by atoms with E-state index in [9.17, 15) is 0 Å². The SMILES string of the molecule is CC1(C)c2ccccc2-c2ccc(N(c3ccc4c(c3)C(C)(C)c3ccccc3-4)c3cccc4c3-c3ccccc3C43c4cc5c(cc4-c4cc6c(cc43)C3CC4CC7CC6CC74C3)C3CC4CC(C3)CC5C4)cc21. The van der Waals surface area contributed by atoms with Gasteiger partial charge >= 0.3 is 0 Å². The van der Waals surface area contributed by atoms with Crippen molar-refractivity contribution in [1.29, 1.82) is 0 Å². The zero-order chi connectivity index (χ0) is 49.2. The highest BCUT2D eigenvalue weighted by Crippen LogP contribution is 2.77. The lowest BCUT2D eigenvalue weighted by molar-refractivity contribution is 0.00322. The van der Waals surface area contributed by atoms with E-state index in [4.69, 9.17) is 0 Å². The van der Waals surface area contributed by atoms with Crippen LogP contribution in [0.3, 0.4) is 0 Å². The fourth-order valence-electron chi connectivity index (χ4n) is 21.1. The summed E-state index contributed by atoms with van der Waals surface area (Å²) < 4.78 is 0. The minimum absolute atomic E-state index is 0.129. The van der Waals surface area contributed by atoms with E-state index in [2.05, 4.69) is 184 Å². The van der Waals surface area contributed by atoms with Crippen LogP contribution < -0.4 is 4.90 Å². The zero-order valence-electron chi connectivity index (χ0n) is 44.1. The van der Waals surface area contributed by atoms with Crippen molar-refractivity contribution in [3.8, 4) is 44.5 Å². The van der Waals surface area contributed by atoms with Crippen molar-refractivity contribution in [2.75, 3.05) is 4.90 Å². The number of anilines is 3. The fraction of sp³-hybridized carbons (Fsp3) is 0.351. The van der Waals surface area contributed by atoms with Crippen molar-refractivity contribution in [2.45, 2.75) is 132 Å². The van der Waals surface area contributed by atoms with Crippen LogP contribution in [0.15, 0.2) is 152 Å². The number of fused-ring (bicyclic) bond motifs is 21. The Bertz CT molecular complexity index is 3830. The van der Waals surface area contributed by atoms with Gasteiger partial charge in [-0.15, -0.1) is 0 Å². The van der Waals surface area contributed by atoms with Gasteiger partial charge in [-0.1, -0.05) is 149 Å². The molecule has 5 saturated carbocycles. The second kappa shape index (κ2) is 13.6. The lowest BCUT2D eigenvalue weighted by atomic mass is 9.56. The van der Waals surface area contributed by atoms with E-state index < -0.39 is 5.41 Å². The first kappa shape index (κ1) is 41.8. The number of hydrogen-bond donors (Lipinski definition) is 0. The van der Waals surface area contributed by atoms with Crippen molar-refractivity contribution in [3.05, 3.63) is 218 Å². The molecule has 1 nitrogen and oxygen atoms in total. The summed E-state index contributed by atoms with van der Waals surface area (Å²) in [5, 5.41) is 0. The molecular weight excluding hydrogens is 903 g/mol. The summed E-state index contributed by atoms with van der Waals surface area (Å²) in [4.78, 5) is 2.69. The van der Waals surface area contributed by atoms with Crippen LogP contribution in [0.5, 0.6) is 0 Å². The van der Waals surface area contributed by atoms with Crippen LogP contribution in [0.4, 0.5) is 17.1 Å². The predicted octanol–water partition coefficient (Wildman–Crippen LogP) is 18.9. The van der Waals surface area contributed by atoms with Gasteiger partial charge in [-0.25, -0.2) is 0 Å². The minimum Gasteiger partial charge on any atom is -0.310 e. The van der Waals surface area contributed by atoms with Crippen LogP contribution in [-0.4, -0.2) is 0 Å². The Morgan fingerprint density at radius 3 is 1.39 bits per heavy atom. The minimum atomic E-state index is -0.418. The third-order valence-corrected chi connectivity index (χ3v) is 24.0. The van der Waals surface area contributed by atoms with E-state index >= 15 is 0 Å². The molecule has 5 fully saturated rings. The highest BCUT2D eigenvalue weighted by atomic mass is 15.1. The maximum Gasteiger partial charge on any atom is 0.0726 e. The molecule has 12 aliphatic carbocycles. The van der Waals surface area contributed by atoms with Gasteiger partial charge in [-0.2, -0.15) is 0 Å². The molecule has 8 unspecified atom stereocenters. The standard InChI is InChI=1S/C74H65N/c1-71(2)61-15-8-5-12-50(61)52-22-20-48(32-65(52)71)75(49-21-23-53-51-13-6-9-16-62(51)72(3,4)66(53)33-49)69-19-11-18-64-70(69)54-14-7-10-17-63(54)74(64)67-36-57-43-27-40-24-41(28-43)26-42(25-40)55(57)34-59(67)60-35-56-44-29-46-31-47-30-45(39-73(46,47)38-44)58(56)37-68(60)74/h5-23,32-37,40-47H,24-31,38-39H2,1-4H3. The van der Waals surface area contributed by atoms with Gasteiger partial charge in [0.25, 0.3) is 0 Å². The maximum absolute atomic E-state index is 2.89. The van der Waals surface area contributed by atoms with Gasteiger partial charge in [0.1, 0.15) is 0 Å². The molecule has 8 atom stereocenters. The third-order valence-electron chi connectivity index (χ3n) is 24.0. The molecule has 0 radical (unpaired) electrons. The monoisotopic (exact) mass is 968 g/mol. The molecule has 0 amide bonds. The molecular formula is C74H65N. The molecule has 366 valence electrons. The van der Waals surface area contributed by atoms with Crippen LogP contribution >= 0.6 is 0 Å². The molecule has 2 spiro atoms. The first-order chi connectivity index (χ1) is 36.6. The second-order valence-electron chi connectivity index (χ2n) is 27.6. The second-order valence-corrected chi connectivity index (χ2v) is 27.6. The van der Waals surface area contributed by atoms with Gasteiger partial charge in [-0.05, 0) is 253 Å². The van der Waals surface area contributed by atoms with E-state index in [0.29, 0.717) is 23.2 Å². The Morgan fingerprint density at radius 1 is 0.347 bits per heavy atom. The molecule has 20 rings (SSSR count). The number of benzene rings is 8. The summed E-state index contributed by atoms with van der Waals surface area (Å²) >= 11 is 0. The normalized spacial score (nSPS) is 31.0. The van der Waals surface area contributed by atoms with E-state index in [1.807, 2.05) is 0 Å². The quantitative estimate of drug-likeness (QED) is 0.171. The highest BCUT2D eigenvalue weighted by molar-refractivity contribution is 6.02. The van der Waals surface area contributed by atoms with E-state index in [0.717, 1.165) is 29.6 Å². The Balaban J connectivity index is 0.888. The van der Waals surface area contributed by atoms with Crippen LogP contribution in [0.25, 0.3) is 44.5 Å². The summed E-state index contributed by atoms with van der Waals surface area (Å²) in [6.45, 7) is 9.75. The summed E-state index contributed by atoms with van der Waals surface area (Å²) in [6, 6.07) is 62.0. The maximum atomic E-state index is 2.89. The van der Waals surface area contributed by atoms with E-state index in [1.165, 1.54) is 148 Å². The third kappa shape index (κ3) is 4.86. The highest BCUT2D eigenvalue weighted by Gasteiger charge is 2.66. The lowest BCUT2D eigenvalue weighted by Gasteiger charge is -2.48. The van der Waals surface area contributed by atoms with Gasteiger partial charge in [0.05, 0.1) is 11.1 Å². The van der Waals surface area contributed by atoms with Crippen molar-refractivity contribution in [3.63, 3.8) is 0 Å². The van der Waals surface area contributed by atoms with Gasteiger partial charge in [0.15, 0.2) is 0 Å². The van der Waals surface area contributed by atoms with Crippen molar-refractivity contribution >= 4 is 17.1 Å². The summed E-state index contributed by atoms with van der Waals surface area (Å²) in [6.07, 6.45) is 14.2. The molecule has 75 heavy (non-hydrogen) atoms. The largest absolute Gasteiger partial charge is 0.310 e. The van der Waals surface area contributed by atoms with Crippen LogP contribution in [-0.2, 0) is 16.2 Å². The average Bonchev–Trinajstić information content (AvgIpc) is 4.36. The van der Waals surface area contributed by atoms with E-state index in [1.54, 1.807) is 44.5 Å². The van der Waals surface area contributed by atoms with E-state index in [-0.39, 0.29) is 10.8 Å². The van der Waals surface area contributed by atoms with Crippen LogP contribution in [0.1, 0.15) is 182 Å². The summed E-state index contributed by atoms with van der Waals surface area (Å²) in [7, 11) is 0. The fourth-order valence-corrected chi connectivity index (χ4v) is 21.1. The van der Waals surface area contributed by atoms with Crippen LogP contribution in [0.2, 0.25) is 0 Å². The van der Waals surface area contributed by atoms with Crippen LogP contribution in [0, 0.1) is 29.1 Å². The topological polar surface area (TPSA) is 3.24 Å². The molecule has 0 aromatic heterocycles. The van der Waals surface area contributed by atoms with Crippen molar-refractivity contribution in [1.82, 2.24) is 0 Å². The number of hydrogen-bond acceptors (Lipinski definition) is 1. The van der Waals surface area contributed by atoms with Gasteiger partial charge in [0, 0.05) is 27.8 Å². The Hall–Kier alpha value is -6.44. The molecule has 12 aliphatic rings. The molecule has 0 aliphatic heterocycles. The Labute approximate surface area is 443 Å².